The number of aryl methyl sites for hydroxylation is 1. The Morgan fingerprint density at radius 2 is 2.09 bits per heavy atom. The van der Waals surface area contributed by atoms with Gasteiger partial charge in [0.15, 0.2) is 0 Å². The molecule has 0 spiro atoms. The molecule has 1 aromatic carbocycles. The summed E-state index contributed by atoms with van der Waals surface area (Å²) in [5.41, 5.74) is 3.05. The standard InChI is InChI=1S/C18H21N3O2/c1-15-4-2-6-17(12-15)21(14-16-5-3-7-19-13-16)18(22)20-8-10-23-11-9-20/h2-7,12-13H,8-11,14H2,1H3. The van der Waals surface area contributed by atoms with Crippen LogP contribution < -0.4 is 4.90 Å². The van der Waals surface area contributed by atoms with Crippen LogP contribution >= 0.6 is 0 Å². The second-order valence-corrected chi connectivity index (χ2v) is 5.67. The molecule has 0 aliphatic carbocycles. The third-order valence-electron chi connectivity index (χ3n) is 3.89. The molecule has 1 aromatic heterocycles. The Kier molecular flexibility index (Phi) is 4.88. The zero-order valence-corrected chi connectivity index (χ0v) is 13.3. The minimum atomic E-state index is 0.0164. The lowest BCUT2D eigenvalue weighted by Crippen LogP contribution is -2.48. The van der Waals surface area contributed by atoms with Crippen molar-refractivity contribution in [2.75, 3.05) is 31.2 Å². The third kappa shape index (κ3) is 3.87. The highest BCUT2D eigenvalue weighted by atomic mass is 16.5. The Hall–Kier alpha value is -2.40. The summed E-state index contributed by atoms with van der Waals surface area (Å²) in [4.78, 5) is 20.8. The summed E-state index contributed by atoms with van der Waals surface area (Å²) in [5, 5.41) is 0. The Labute approximate surface area is 136 Å². The second-order valence-electron chi connectivity index (χ2n) is 5.67. The number of rotatable bonds is 3. The number of morpholine rings is 1. The number of amides is 2. The van der Waals surface area contributed by atoms with E-state index < -0.39 is 0 Å². The molecule has 2 heterocycles. The molecule has 2 amide bonds. The quantitative estimate of drug-likeness (QED) is 0.875. The number of urea groups is 1. The number of carbonyl (C=O) groups is 1. The maximum absolute atomic E-state index is 13.0. The highest BCUT2D eigenvalue weighted by Gasteiger charge is 2.24. The van der Waals surface area contributed by atoms with Gasteiger partial charge >= 0.3 is 6.03 Å². The molecule has 5 heteroatoms. The minimum absolute atomic E-state index is 0.0164. The predicted molar refractivity (Wildman–Crippen MR) is 89.4 cm³/mol. The van der Waals surface area contributed by atoms with Gasteiger partial charge in [-0.1, -0.05) is 18.2 Å². The first-order valence-electron chi connectivity index (χ1n) is 7.84. The fourth-order valence-corrected chi connectivity index (χ4v) is 2.66. The molecular weight excluding hydrogens is 290 g/mol. The number of anilines is 1. The van der Waals surface area contributed by atoms with Gasteiger partial charge in [-0.05, 0) is 36.2 Å². The first kappa shape index (κ1) is 15.5. The van der Waals surface area contributed by atoms with Crippen molar-refractivity contribution in [3.05, 3.63) is 59.9 Å². The van der Waals surface area contributed by atoms with Gasteiger partial charge < -0.3 is 9.64 Å². The van der Waals surface area contributed by atoms with Crippen LogP contribution in [0.15, 0.2) is 48.8 Å². The van der Waals surface area contributed by atoms with Crippen LogP contribution in [0.4, 0.5) is 10.5 Å². The molecule has 1 saturated heterocycles. The van der Waals surface area contributed by atoms with Gasteiger partial charge in [-0.3, -0.25) is 9.88 Å². The van der Waals surface area contributed by atoms with Crippen LogP contribution in [0.25, 0.3) is 0 Å². The van der Waals surface area contributed by atoms with Crippen LogP contribution in [0.3, 0.4) is 0 Å². The molecule has 120 valence electrons. The number of nitrogens with zero attached hydrogens (tertiary/aromatic N) is 3. The Balaban J connectivity index is 1.87. The van der Waals surface area contributed by atoms with Crippen LogP contribution in [0.1, 0.15) is 11.1 Å². The highest BCUT2D eigenvalue weighted by molar-refractivity contribution is 5.92. The van der Waals surface area contributed by atoms with Crippen LogP contribution in [0.5, 0.6) is 0 Å². The summed E-state index contributed by atoms with van der Waals surface area (Å²) >= 11 is 0. The summed E-state index contributed by atoms with van der Waals surface area (Å²) in [5.74, 6) is 0. The van der Waals surface area contributed by atoms with E-state index in [-0.39, 0.29) is 6.03 Å². The summed E-state index contributed by atoms with van der Waals surface area (Å²) in [6.45, 7) is 5.00. The van der Waals surface area contributed by atoms with Gasteiger partial charge in [-0.2, -0.15) is 0 Å². The van der Waals surface area contributed by atoms with Gasteiger partial charge in [0.05, 0.1) is 19.8 Å². The minimum Gasteiger partial charge on any atom is -0.378 e. The van der Waals surface area contributed by atoms with Gasteiger partial charge in [0.1, 0.15) is 0 Å². The van der Waals surface area contributed by atoms with Crippen molar-refractivity contribution in [3.8, 4) is 0 Å². The van der Waals surface area contributed by atoms with E-state index in [0.717, 1.165) is 16.8 Å². The van der Waals surface area contributed by atoms with E-state index in [2.05, 4.69) is 4.98 Å². The zero-order valence-electron chi connectivity index (χ0n) is 13.3. The lowest BCUT2D eigenvalue weighted by Gasteiger charge is -2.33. The van der Waals surface area contributed by atoms with Crippen LogP contribution in [0, 0.1) is 6.92 Å². The van der Waals surface area contributed by atoms with E-state index in [0.29, 0.717) is 32.8 Å². The molecular formula is C18H21N3O2. The summed E-state index contributed by atoms with van der Waals surface area (Å²) in [6.07, 6.45) is 3.54. The van der Waals surface area contributed by atoms with E-state index in [1.165, 1.54) is 0 Å². The van der Waals surface area contributed by atoms with Crippen molar-refractivity contribution < 1.29 is 9.53 Å². The summed E-state index contributed by atoms with van der Waals surface area (Å²) in [7, 11) is 0. The molecule has 3 rings (SSSR count). The average Bonchev–Trinajstić information content (AvgIpc) is 2.61. The van der Waals surface area contributed by atoms with E-state index in [9.17, 15) is 4.79 Å². The zero-order chi connectivity index (χ0) is 16.1. The van der Waals surface area contributed by atoms with E-state index in [1.807, 2.05) is 53.1 Å². The van der Waals surface area contributed by atoms with Crippen molar-refractivity contribution in [3.63, 3.8) is 0 Å². The fraction of sp³-hybridized carbons (Fsp3) is 0.333. The van der Waals surface area contributed by atoms with E-state index in [1.54, 1.807) is 12.4 Å². The fourth-order valence-electron chi connectivity index (χ4n) is 2.66. The maximum atomic E-state index is 13.0. The van der Waals surface area contributed by atoms with Crippen molar-refractivity contribution in [1.29, 1.82) is 0 Å². The van der Waals surface area contributed by atoms with Gasteiger partial charge in [0, 0.05) is 31.2 Å². The number of aromatic nitrogens is 1. The van der Waals surface area contributed by atoms with Crippen molar-refractivity contribution in [2.24, 2.45) is 0 Å². The molecule has 0 bridgehead atoms. The van der Waals surface area contributed by atoms with Crippen molar-refractivity contribution in [2.45, 2.75) is 13.5 Å². The molecule has 0 atom stereocenters. The number of ether oxygens (including phenoxy) is 1. The van der Waals surface area contributed by atoms with Gasteiger partial charge in [-0.25, -0.2) is 4.79 Å². The SMILES string of the molecule is Cc1cccc(N(Cc2cccnc2)C(=O)N2CCOCC2)c1. The van der Waals surface area contributed by atoms with E-state index in [4.69, 9.17) is 4.74 Å². The Morgan fingerprint density at radius 3 is 2.78 bits per heavy atom. The first-order valence-corrected chi connectivity index (χ1v) is 7.84. The molecule has 23 heavy (non-hydrogen) atoms. The van der Waals surface area contributed by atoms with Crippen LogP contribution in [-0.4, -0.2) is 42.2 Å². The van der Waals surface area contributed by atoms with Crippen LogP contribution in [-0.2, 0) is 11.3 Å². The third-order valence-corrected chi connectivity index (χ3v) is 3.89. The molecule has 1 aliphatic rings. The monoisotopic (exact) mass is 311 g/mol. The van der Waals surface area contributed by atoms with Gasteiger partial charge in [-0.15, -0.1) is 0 Å². The summed E-state index contributed by atoms with van der Waals surface area (Å²) in [6, 6.07) is 11.9. The largest absolute Gasteiger partial charge is 0.378 e. The van der Waals surface area contributed by atoms with E-state index >= 15 is 0 Å². The number of hydrogen-bond donors (Lipinski definition) is 0. The highest BCUT2D eigenvalue weighted by Crippen LogP contribution is 2.21. The molecule has 0 saturated carbocycles. The Bertz CT molecular complexity index is 654. The molecule has 1 aliphatic heterocycles. The Morgan fingerprint density at radius 1 is 1.26 bits per heavy atom. The van der Waals surface area contributed by atoms with Crippen LogP contribution in [0.2, 0.25) is 0 Å². The molecule has 0 radical (unpaired) electrons. The predicted octanol–water partition coefficient (Wildman–Crippen LogP) is 2.85. The molecule has 1 fully saturated rings. The number of carbonyl (C=O) groups excluding carboxylic acids is 1. The normalized spacial score (nSPS) is 14.6. The topological polar surface area (TPSA) is 45.7 Å². The molecule has 0 N–H and O–H groups in total. The smallest absolute Gasteiger partial charge is 0.324 e. The molecule has 0 unspecified atom stereocenters. The number of benzene rings is 1. The van der Waals surface area contributed by atoms with Crippen molar-refractivity contribution >= 4 is 11.7 Å². The lowest BCUT2D eigenvalue weighted by atomic mass is 10.2. The lowest BCUT2D eigenvalue weighted by molar-refractivity contribution is 0.0548. The number of pyridine rings is 1. The summed E-state index contributed by atoms with van der Waals surface area (Å²) < 4.78 is 5.35. The molecule has 2 aromatic rings. The van der Waals surface area contributed by atoms with Gasteiger partial charge in [0.2, 0.25) is 0 Å². The van der Waals surface area contributed by atoms with Gasteiger partial charge in [0.25, 0.3) is 0 Å². The number of hydrogen-bond acceptors (Lipinski definition) is 3. The molecule has 5 nitrogen and oxygen atoms in total. The van der Waals surface area contributed by atoms with Crippen molar-refractivity contribution in [1.82, 2.24) is 9.88 Å². The maximum Gasteiger partial charge on any atom is 0.324 e. The second kappa shape index (κ2) is 7.24. The average molecular weight is 311 g/mol. The first-order chi connectivity index (χ1) is 11.2.